The minimum atomic E-state index is -0.0521. The molecule has 1 aliphatic rings. The molecule has 0 radical (unpaired) electrons. The predicted molar refractivity (Wildman–Crippen MR) is 65.2 cm³/mol. The summed E-state index contributed by atoms with van der Waals surface area (Å²) in [6.07, 6.45) is 0.428. The fourth-order valence-electron chi connectivity index (χ4n) is 1.76. The Kier molecular flexibility index (Phi) is 4.15. The van der Waals surface area contributed by atoms with Crippen LogP contribution in [0.4, 0.5) is 5.69 Å². The first kappa shape index (κ1) is 12.8. The Bertz CT molecular complexity index is 384. The SMILES string of the molecule is COc1cccc(N2CC(N)CC2=O)c1.Cl. The highest BCUT2D eigenvalue weighted by molar-refractivity contribution is 5.96. The van der Waals surface area contributed by atoms with Crippen LogP contribution in [0, 0.1) is 0 Å². The molecule has 1 amide bonds. The Hall–Kier alpha value is -1.26. The van der Waals surface area contributed by atoms with Crippen molar-refractivity contribution in [3.8, 4) is 5.75 Å². The third-order valence-electron chi connectivity index (χ3n) is 2.52. The van der Waals surface area contributed by atoms with Crippen molar-refractivity contribution in [2.24, 2.45) is 5.73 Å². The molecule has 0 bridgehead atoms. The summed E-state index contributed by atoms with van der Waals surface area (Å²) >= 11 is 0. The van der Waals surface area contributed by atoms with Gasteiger partial charge in [-0.1, -0.05) is 6.07 Å². The van der Waals surface area contributed by atoms with Crippen LogP contribution in [0.3, 0.4) is 0 Å². The average molecular weight is 243 g/mol. The van der Waals surface area contributed by atoms with Gasteiger partial charge in [0.1, 0.15) is 5.75 Å². The molecule has 1 aromatic rings. The number of amides is 1. The summed E-state index contributed by atoms with van der Waals surface area (Å²) in [5.41, 5.74) is 6.58. The molecule has 0 saturated carbocycles. The standard InChI is InChI=1S/C11H14N2O2.ClH/c1-15-10-4-2-3-9(6-10)13-7-8(12)5-11(13)14;/h2-4,6,8H,5,7,12H2,1H3;1H. The Morgan fingerprint density at radius 1 is 1.50 bits per heavy atom. The first-order valence-corrected chi connectivity index (χ1v) is 4.90. The maximum absolute atomic E-state index is 11.6. The number of rotatable bonds is 2. The Morgan fingerprint density at radius 3 is 2.81 bits per heavy atom. The zero-order valence-electron chi connectivity index (χ0n) is 9.05. The quantitative estimate of drug-likeness (QED) is 0.847. The number of anilines is 1. The number of methoxy groups -OCH3 is 1. The number of ether oxygens (including phenoxy) is 1. The first-order valence-electron chi connectivity index (χ1n) is 4.90. The molecule has 0 aliphatic carbocycles. The fraction of sp³-hybridized carbons (Fsp3) is 0.364. The van der Waals surface area contributed by atoms with E-state index in [4.69, 9.17) is 10.5 Å². The van der Waals surface area contributed by atoms with E-state index in [1.165, 1.54) is 0 Å². The molecule has 0 aromatic heterocycles. The monoisotopic (exact) mass is 242 g/mol. The highest BCUT2D eigenvalue weighted by Crippen LogP contribution is 2.24. The lowest BCUT2D eigenvalue weighted by molar-refractivity contribution is -0.117. The van der Waals surface area contributed by atoms with E-state index < -0.39 is 0 Å². The second kappa shape index (κ2) is 5.18. The molecule has 1 unspecified atom stereocenters. The van der Waals surface area contributed by atoms with Crippen LogP contribution in [0.2, 0.25) is 0 Å². The smallest absolute Gasteiger partial charge is 0.228 e. The molecular weight excluding hydrogens is 228 g/mol. The van der Waals surface area contributed by atoms with E-state index in [2.05, 4.69) is 0 Å². The molecule has 1 saturated heterocycles. The molecule has 2 rings (SSSR count). The Labute approximate surface area is 101 Å². The van der Waals surface area contributed by atoms with Gasteiger partial charge in [0.15, 0.2) is 0 Å². The molecule has 1 atom stereocenters. The summed E-state index contributed by atoms with van der Waals surface area (Å²) in [4.78, 5) is 13.3. The molecule has 4 nitrogen and oxygen atoms in total. The first-order chi connectivity index (χ1) is 7.20. The van der Waals surface area contributed by atoms with Gasteiger partial charge in [-0.05, 0) is 12.1 Å². The summed E-state index contributed by atoms with van der Waals surface area (Å²) < 4.78 is 5.11. The van der Waals surface area contributed by atoms with Gasteiger partial charge in [-0.3, -0.25) is 4.79 Å². The third-order valence-corrected chi connectivity index (χ3v) is 2.52. The number of hydrogen-bond donors (Lipinski definition) is 1. The number of carbonyl (C=O) groups excluding carboxylic acids is 1. The summed E-state index contributed by atoms with van der Waals surface area (Å²) in [6.45, 7) is 0.589. The molecule has 1 aliphatic heterocycles. The van der Waals surface area contributed by atoms with Crippen LogP contribution in [-0.4, -0.2) is 25.6 Å². The van der Waals surface area contributed by atoms with Crippen molar-refractivity contribution >= 4 is 24.0 Å². The van der Waals surface area contributed by atoms with Gasteiger partial charge < -0.3 is 15.4 Å². The van der Waals surface area contributed by atoms with Crippen LogP contribution in [0.5, 0.6) is 5.75 Å². The van der Waals surface area contributed by atoms with Crippen LogP contribution in [0.25, 0.3) is 0 Å². The molecule has 0 spiro atoms. The van der Waals surface area contributed by atoms with Crippen molar-refractivity contribution in [2.45, 2.75) is 12.5 Å². The molecule has 16 heavy (non-hydrogen) atoms. The molecular formula is C11H15ClN2O2. The van der Waals surface area contributed by atoms with Gasteiger partial charge in [0.05, 0.1) is 7.11 Å². The number of nitrogens with zero attached hydrogens (tertiary/aromatic N) is 1. The lowest BCUT2D eigenvalue weighted by atomic mass is 10.3. The molecule has 1 heterocycles. The van der Waals surface area contributed by atoms with Crippen LogP contribution in [0.1, 0.15) is 6.42 Å². The van der Waals surface area contributed by atoms with Gasteiger partial charge in [0.25, 0.3) is 0 Å². The van der Waals surface area contributed by atoms with E-state index in [-0.39, 0.29) is 24.4 Å². The van der Waals surface area contributed by atoms with Crippen molar-refractivity contribution in [2.75, 3.05) is 18.6 Å². The van der Waals surface area contributed by atoms with Gasteiger partial charge in [-0.15, -0.1) is 12.4 Å². The highest BCUT2D eigenvalue weighted by Gasteiger charge is 2.27. The molecule has 88 valence electrons. The van der Waals surface area contributed by atoms with E-state index in [0.29, 0.717) is 13.0 Å². The predicted octanol–water partition coefficient (Wildman–Crippen LogP) is 1.18. The highest BCUT2D eigenvalue weighted by atomic mass is 35.5. The van der Waals surface area contributed by atoms with Gasteiger partial charge in [0.2, 0.25) is 5.91 Å². The van der Waals surface area contributed by atoms with Gasteiger partial charge >= 0.3 is 0 Å². The number of hydrogen-bond acceptors (Lipinski definition) is 3. The zero-order valence-corrected chi connectivity index (χ0v) is 9.87. The largest absolute Gasteiger partial charge is 0.497 e. The number of nitrogens with two attached hydrogens (primary N) is 1. The van der Waals surface area contributed by atoms with Crippen LogP contribution in [-0.2, 0) is 4.79 Å². The van der Waals surface area contributed by atoms with Crippen molar-refractivity contribution in [1.29, 1.82) is 0 Å². The lowest BCUT2D eigenvalue weighted by Gasteiger charge is -2.16. The maximum Gasteiger partial charge on any atom is 0.228 e. The second-order valence-corrected chi connectivity index (χ2v) is 3.67. The molecule has 2 N–H and O–H groups in total. The van der Waals surface area contributed by atoms with Crippen LogP contribution < -0.4 is 15.4 Å². The molecule has 1 aromatic carbocycles. The maximum atomic E-state index is 11.6. The van der Waals surface area contributed by atoms with E-state index >= 15 is 0 Å². The van der Waals surface area contributed by atoms with Gasteiger partial charge in [-0.2, -0.15) is 0 Å². The number of halogens is 1. The van der Waals surface area contributed by atoms with E-state index in [0.717, 1.165) is 11.4 Å². The summed E-state index contributed by atoms with van der Waals surface area (Å²) in [5.74, 6) is 0.830. The van der Waals surface area contributed by atoms with Crippen LogP contribution in [0.15, 0.2) is 24.3 Å². The lowest BCUT2D eigenvalue weighted by Crippen LogP contribution is -2.27. The minimum absolute atomic E-state index is 0. The number of carbonyl (C=O) groups is 1. The van der Waals surface area contributed by atoms with E-state index in [1.54, 1.807) is 12.0 Å². The minimum Gasteiger partial charge on any atom is -0.497 e. The van der Waals surface area contributed by atoms with Gasteiger partial charge in [-0.25, -0.2) is 0 Å². The van der Waals surface area contributed by atoms with Crippen molar-refractivity contribution in [3.05, 3.63) is 24.3 Å². The van der Waals surface area contributed by atoms with Crippen LogP contribution >= 0.6 is 12.4 Å². The normalized spacial score (nSPS) is 19.5. The Balaban J connectivity index is 0.00000128. The topological polar surface area (TPSA) is 55.6 Å². The van der Waals surface area contributed by atoms with Crippen molar-refractivity contribution < 1.29 is 9.53 Å². The average Bonchev–Trinajstić information content (AvgIpc) is 2.58. The number of benzene rings is 1. The summed E-state index contributed by atoms with van der Waals surface area (Å²) in [5, 5.41) is 0. The van der Waals surface area contributed by atoms with Crippen molar-refractivity contribution in [3.63, 3.8) is 0 Å². The van der Waals surface area contributed by atoms with Crippen molar-refractivity contribution in [1.82, 2.24) is 0 Å². The van der Waals surface area contributed by atoms with Gasteiger partial charge in [0, 0.05) is 30.8 Å². The summed E-state index contributed by atoms with van der Waals surface area (Å²) in [6, 6.07) is 7.40. The zero-order chi connectivity index (χ0) is 10.8. The Morgan fingerprint density at radius 2 is 2.25 bits per heavy atom. The second-order valence-electron chi connectivity index (χ2n) is 3.67. The van der Waals surface area contributed by atoms with E-state index in [1.807, 2.05) is 24.3 Å². The molecule has 5 heteroatoms. The molecule has 1 fully saturated rings. The summed E-state index contributed by atoms with van der Waals surface area (Å²) in [7, 11) is 1.61. The third kappa shape index (κ3) is 2.46. The fourth-order valence-corrected chi connectivity index (χ4v) is 1.76. The van der Waals surface area contributed by atoms with E-state index in [9.17, 15) is 4.79 Å².